The predicted molar refractivity (Wildman–Crippen MR) is 89.2 cm³/mol. The first-order valence-electron chi connectivity index (χ1n) is 8.54. The van der Waals surface area contributed by atoms with Crippen LogP contribution < -0.4 is 0 Å². The van der Waals surface area contributed by atoms with E-state index in [1.165, 1.54) is 23.2 Å². The van der Waals surface area contributed by atoms with Gasteiger partial charge in [0, 0.05) is 38.3 Å². The smallest absolute Gasteiger partial charge is 0.289 e. The number of hydrogen-bond donors (Lipinski definition) is 0. The average molecular weight is 361 g/mol. The van der Waals surface area contributed by atoms with Crippen LogP contribution in [0.4, 0.5) is 8.78 Å². The quantitative estimate of drug-likeness (QED) is 0.789. The van der Waals surface area contributed by atoms with Gasteiger partial charge in [0.1, 0.15) is 0 Å². The number of guanidine groups is 1. The van der Waals surface area contributed by atoms with Crippen LogP contribution in [0.2, 0.25) is 0 Å². The van der Waals surface area contributed by atoms with E-state index in [2.05, 4.69) is 15.0 Å². The van der Waals surface area contributed by atoms with E-state index in [4.69, 9.17) is 0 Å². The second-order valence-corrected chi connectivity index (χ2v) is 6.54. The van der Waals surface area contributed by atoms with Crippen molar-refractivity contribution < 1.29 is 18.4 Å². The maximum Gasteiger partial charge on any atom is 0.289 e. The Morgan fingerprint density at radius 3 is 2.54 bits per heavy atom. The minimum Gasteiger partial charge on any atom is -0.337 e. The molecule has 0 aromatic carbocycles. The minimum atomic E-state index is -1.73. The Morgan fingerprint density at radius 2 is 1.88 bits per heavy atom. The second-order valence-electron chi connectivity index (χ2n) is 6.54. The molecule has 1 aromatic heterocycles. The molecule has 1 aromatic rings. The Hall–Kier alpha value is -2.71. The number of amides is 2. The van der Waals surface area contributed by atoms with Gasteiger partial charge in [-0.2, -0.15) is 4.99 Å². The molecule has 1 saturated carbocycles. The molecule has 0 bridgehead atoms. The van der Waals surface area contributed by atoms with Gasteiger partial charge in [0.15, 0.2) is 11.5 Å². The summed E-state index contributed by atoms with van der Waals surface area (Å²) in [5.74, 6) is -1.70. The third kappa shape index (κ3) is 3.09. The fourth-order valence-corrected chi connectivity index (χ4v) is 3.10. The molecule has 4 rings (SSSR count). The van der Waals surface area contributed by atoms with Crippen LogP contribution in [0.3, 0.4) is 0 Å². The monoisotopic (exact) mass is 361 g/mol. The SMILES string of the molecule is O=C1N=C(N2CCN(C(=O)c3ncccc3F)CC2)N=C(C2CC2)C1F. The number of halogens is 2. The Kier molecular flexibility index (Phi) is 4.21. The third-order valence-corrected chi connectivity index (χ3v) is 4.72. The molecule has 9 heteroatoms. The van der Waals surface area contributed by atoms with Gasteiger partial charge in [-0.05, 0) is 25.0 Å². The Bertz CT molecular complexity index is 813. The summed E-state index contributed by atoms with van der Waals surface area (Å²) in [5.41, 5.74) is 0.0644. The third-order valence-electron chi connectivity index (χ3n) is 4.72. The number of piperazine rings is 1. The molecule has 7 nitrogen and oxygen atoms in total. The highest BCUT2D eigenvalue weighted by Crippen LogP contribution is 2.34. The molecule has 3 aliphatic rings. The first-order chi connectivity index (χ1) is 12.5. The van der Waals surface area contributed by atoms with Crippen LogP contribution in [-0.4, -0.2) is 70.6 Å². The van der Waals surface area contributed by atoms with Crippen LogP contribution in [0.15, 0.2) is 28.3 Å². The van der Waals surface area contributed by atoms with Gasteiger partial charge in [-0.3, -0.25) is 9.59 Å². The molecule has 0 radical (unpaired) electrons. The van der Waals surface area contributed by atoms with Crippen LogP contribution in [0, 0.1) is 11.7 Å². The van der Waals surface area contributed by atoms with Crippen molar-refractivity contribution in [3.63, 3.8) is 0 Å². The Labute approximate surface area is 148 Å². The molecular weight excluding hydrogens is 344 g/mol. The zero-order valence-electron chi connectivity index (χ0n) is 13.9. The van der Waals surface area contributed by atoms with Crippen molar-refractivity contribution in [2.45, 2.75) is 19.0 Å². The van der Waals surface area contributed by atoms with Crippen molar-refractivity contribution in [3.8, 4) is 0 Å². The molecule has 1 saturated heterocycles. The lowest BCUT2D eigenvalue weighted by Crippen LogP contribution is -2.51. The molecule has 0 spiro atoms. The van der Waals surface area contributed by atoms with E-state index in [1.807, 2.05) is 0 Å². The average Bonchev–Trinajstić information content (AvgIpc) is 3.49. The number of carbonyl (C=O) groups excluding carboxylic acids is 2. The standard InChI is InChI=1S/C17H17F2N5O2/c18-11-2-1-5-20-14(11)16(26)23-6-8-24(9-7-23)17-21-13(10-3-4-10)12(19)15(25)22-17/h1-2,5,10,12H,3-4,6-9H2. The summed E-state index contributed by atoms with van der Waals surface area (Å²) < 4.78 is 27.7. The highest BCUT2D eigenvalue weighted by molar-refractivity contribution is 6.18. The van der Waals surface area contributed by atoms with Gasteiger partial charge in [-0.15, -0.1) is 0 Å². The molecule has 3 heterocycles. The molecular formula is C17H17F2N5O2. The van der Waals surface area contributed by atoms with Gasteiger partial charge >= 0.3 is 0 Å². The number of aromatic nitrogens is 1. The zero-order chi connectivity index (χ0) is 18.3. The van der Waals surface area contributed by atoms with Crippen molar-refractivity contribution in [2.75, 3.05) is 26.2 Å². The summed E-state index contributed by atoms with van der Waals surface area (Å²) >= 11 is 0. The highest BCUT2D eigenvalue weighted by atomic mass is 19.1. The summed E-state index contributed by atoms with van der Waals surface area (Å²) in [6.07, 6.45) is 1.33. The number of hydrogen-bond acceptors (Lipinski definition) is 5. The predicted octanol–water partition coefficient (Wildman–Crippen LogP) is 1.06. The number of aliphatic imine (C=N–C) groups is 2. The summed E-state index contributed by atoms with van der Waals surface area (Å²) in [5, 5.41) is 0. The summed E-state index contributed by atoms with van der Waals surface area (Å²) in [6, 6.07) is 2.62. The first-order valence-corrected chi connectivity index (χ1v) is 8.54. The Morgan fingerprint density at radius 1 is 1.15 bits per heavy atom. The molecule has 26 heavy (non-hydrogen) atoms. The second kappa shape index (κ2) is 6.54. The van der Waals surface area contributed by atoms with E-state index in [0.717, 1.165) is 12.8 Å². The first kappa shape index (κ1) is 16.7. The van der Waals surface area contributed by atoms with Gasteiger partial charge in [0.05, 0.1) is 5.71 Å². The number of carbonyl (C=O) groups is 2. The number of rotatable bonds is 2. The van der Waals surface area contributed by atoms with E-state index in [-0.39, 0.29) is 23.3 Å². The van der Waals surface area contributed by atoms with Gasteiger partial charge in [0.2, 0.25) is 12.1 Å². The van der Waals surface area contributed by atoms with Crippen molar-refractivity contribution in [3.05, 3.63) is 29.8 Å². The fraction of sp³-hybridized carbons (Fsp3) is 0.471. The van der Waals surface area contributed by atoms with E-state index in [1.54, 1.807) is 4.90 Å². The van der Waals surface area contributed by atoms with Gasteiger partial charge in [-0.25, -0.2) is 18.8 Å². The molecule has 136 valence electrons. The fourth-order valence-electron chi connectivity index (χ4n) is 3.10. The number of alkyl halides is 1. The molecule has 0 N–H and O–H groups in total. The maximum absolute atomic E-state index is 14.0. The lowest BCUT2D eigenvalue weighted by atomic mass is 10.1. The van der Waals surface area contributed by atoms with Crippen molar-refractivity contribution >= 4 is 23.5 Å². The van der Waals surface area contributed by atoms with E-state index in [9.17, 15) is 18.4 Å². The molecule has 1 atom stereocenters. The van der Waals surface area contributed by atoms with Gasteiger partial charge < -0.3 is 9.80 Å². The lowest BCUT2D eigenvalue weighted by Gasteiger charge is -2.35. The summed E-state index contributed by atoms with van der Waals surface area (Å²) in [7, 11) is 0. The molecule has 1 unspecified atom stereocenters. The normalized spacial score (nSPS) is 23.6. The topological polar surface area (TPSA) is 78.2 Å². The highest BCUT2D eigenvalue weighted by Gasteiger charge is 2.40. The van der Waals surface area contributed by atoms with E-state index in [0.29, 0.717) is 26.2 Å². The van der Waals surface area contributed by atoms with Crippen LogP contribution in [0.5, 0.6) is 0 Å². The summed E-state index contributed by atoms with van der Waals surface area (Å²) in [4.78, 5) is 39.3. The van der Waals surface area contributed by atoms with Crippen LogP contribution in [0.1, 0.15) is 23.3 Å². The zero-order valence-corrected chi connectivity index (χ0v) is 13.9. The van der Waals surface area contributed by atoms with Gasteiger partial charge in [-0.1, -0.05) is 0 Å². The van der Waals surface area contributed by atoms with Crippen LogP contribution in [-0.2, 0) is 4.79 Å². The van der Waals surface area contributed by atoms with Gasteiger partial charge in [0.25, 0.3) is 11.8 Å². The van der Waals surface area contributed by atoms with Crippen molar-refractivity contribution in [2.24, 2.45) is 15.9 Å². The van der Waals surface area contributed by atoms with Crippen LogP contribution >= 0.6 is 0 Å². The number of nitrogens with zero attached hydrogens (tertiary/aromatic N) is 5. The number of pyridine rings is 1. The lowest BCUT2D eigenvalue weighted by molar-refractivity contribution is -0.120. The molecule has 1 aliphatic carbocycles. The summed E-state index contributed by atoms with van der Waals surface area (Å²) in [6.45, 7) is 1.39. The van der Waals surface area contributed by atoms with E-state index < -0.39 is 23.8 Å². The molecule has 2 fully saturated rings. The molecule has 2 amide bonds. The van der Waals surface area contributed by atoms with Crippen LogP contribution in [0.25, 0.3) is 0 Å². The largest absolute Gasteiger partial charge is 0.337 e. The van der Waals surface area contributed by atoms with Crippen molar-refractivity contribution in [1.82, 2.24) is 14.8 Å². The maximum atomic E-state index is 14.0. The van der Waals surface area contributed by atoms with Crippen molar-refractivity contribution in [1.29, 1.82) is 0 Å². The van der Waals surface area contributed by atoms with E-state index >= 15 is 0 Å². The minimum absolute atomic E-state index is 0.0365. The molecule has 2 aliphatic heterocycles. The Balaban J connectivity index is 1.44.